The fourth-order valence-corrected chi connectivity index (χ4v) is 4.13. The summed E-state index contributed by atoms with van der Waals surface area (Å²) in [4.78, 5) is 8.39. The minimum absolute atomic E-state index is 0.215. The maximum Gasteiger partial charge on any atom is 0.416 e. The van der Waals surface area contributed by atoms with Gasteiger partial charge in [-0.2, -0.15) is 18.2 Å². The van der Waals surface area contributed by atoms with E-state index < -0.39 is 11.7 Å². The molecule has 5 aromatic rings. The van der Waals surface area contributed by atoms with Crippen molar-refractivity contribution in [3.8, 4) is 28.5 Å². The average Bonchev–Trinajstić information content (AvgIpc) is 3.51. The Morgan fingerprint density at radius 3 is 2.29 bits per heavy atom. The first-order chi connectivity index (χ1) is 16.9. The third-order valence-electron chi connectivity index (χ3n) is 5.13. The SMILES string of the molecule is Cc1ccc(-n2c(SCc3nc(-c4ccc(C(F)(F)F)cc4)no3)nnc2-c2ccncc2)cc1. The Hall–Kier alpha value is -3.99. The lowest BCUT2D eigenvalue weighted by Gasteiger charge is -2.10. The molecule has 2 aromatic carbocycles. The van der Waals surface area contributed by atoms with E-state index in [2.05, 4.69) is 25.3 Å². The van der Waals surface area contributed by atoms with Crippen LogP contribution in [0.25, 0.3) is 28.5 Å². The highest BCUT2D eigenvalue weighted by Crippen LogP contribution is 2.32. The van der Waals surface area contributed by atoms with Crippen LogP contribution in [0.4, 0.5) is 13.2 Å². The van der Waals surface area contributed by atoms with Crippen LogP contribution in [0.5, 0.6) is 0 Å². The van der Waals surface area contributed by atoms with Crippen LogP contribution in [-0.2, 0) is 11.9 Å². The monoisotopic (exact) mass is 494 g/mol. The van der Waals surface area contributed by atoms with Crippen LogP contribution in [0, 0.1) is 6.92 Å². The highest BCUT2D eigenvalue weighted by Gasteiger charge is 2.30. The molecule has 0 N–H and O–H groups in total. The van der Waals surface area contributed by atoms with E-state index in [1.165, 1.54) is 23.9 Å². The van der Waals surface area contributed by atoms with E-state index in [0.29, 0.717) is 28.2 Å². The van der Waals surface area contributed by atoms with Crippen molar-refractivity contribution >= 4 is 11.8 Å². The Labute approximate surface area is 202 Å². The summed E-state index contributed by atoms with van der Waals surface area (Å²) in [7, 11) is 0. The summed E-state index contributed by atoms with van der Waals surface area (Å²) in [6.07, 6.45) is -1.02. The van der Waals surface area contributed by atoms with E-state index in [1.807, 2.05) is 47.9 Å². The van der Waals surface area contributed by atoms with E-state index >= 15 is 0 Å². The highest BCUT2D eigenvalue weighted by atomic mass is 32.2. The van der Waals surface area contributed by atoms with Crippen LogP contribution < -0.4 is 0 Å². The number of hydrogen-bond acceptors (Lipinski definition) is 7. The first-order valence-corrected chi connectivity index (χ1v) is 11.4. The fourth-order valence-electron chi connectivity index (χ4n) is 3.34. The van der Waals surface area contributed by atoms with E-state index in [1.54, 1.807) is 12.4 Å². The number of benzene rings is 2. The maximum absolute atomic E-state index is 12.8. The largest absolute Gasteiger partial charge is 0.416 e. The molecule has 11 heteroatoms. The molecule has 0 aliphatic rings. The minimum Gasteiger partial charge on any atom is -0.338 e. The second-order valence-corrected chi connectivity index (χ2v) is 8.53. The summed E-state index contributed by atoms with van der Waals surface area (Å²) in [6.45, 7) is 2.01. The number of aromatic nitrogens is 6. The van der Waals surface area contributed by atoms with Gasteiger partial charge >= 0.3 is 6.18 Å². The Balaban J connectivity index is 1.39. The summed E-state index contributed by atoms with van der Waals surface area (Å²) in [5.41, 5.74) is 2.58. The topological polar surface area (TPSA) is 82.5 Å². The molecule has 5 rings (SSSR count). The van der Waals surface area contributed by atoms with E-state index in [-0.39, 0.29) is 5.82 Å². The van der Waals surface area contributed by atoms with Crippen molar-refractivity contribution in [3.05, 3.63) is 90.1 Å². The molecule has 0 aliphatic carbocycles. The second kappa shape index (κ2) is 9.34. The van der Waals surface area contributed by atoms with Gasteiger partial charge < -0.3 is 4.52 Å². The second-order valence-electron chi connectivity index (χ2n) is 7.59. The smallest absolute Gasteiger partial charge is 0.338 e. The zero-order chi connectivity index (χ0) is 24.4. The minimum atomic E-state index is -4.40. The normalized spacial score (nSPS) is 11.7. The van der Waals surface area contributed by atoms with Crippen LogP contribution in [0.3, 0.4) is 0 Å². The molecular weight excluding hydrogens is 477 g/mol. The number of rotatable bonds is 6. The Bertz CT molecular complexity index is 1430. The number of pyridine rings is 1. The molecule has 0 aliphatic heterocycles. The predicted octanol–water partition coefficient (Wildman–Crippen LogP) is 6.00. The average molecular weight is 495 g/mol. The van der Waals surface area contributed by atoms with Gasteiger partial charge in [-0.05, 0) is 43.3 Å². The summed E-state index contributed by atoms with van der Waals surface area (Å²) in [5, 5.41) is 13.3. The molecule has 0 radical (unpaired) electrons. The van der Waals surface area contributed by atoms with Gasteiger partial charge in [-0.25, -0.2) is 0 Å². The number of aryl methyl sites for hydroxylation is 1. The molecule has 0 saturated heterocycles. The van der Waals surface area contributed by atoms with Gasteiger partial charge in [0.25, 0.3) is 0 Å². The fraction of sp³-hybridized carbons (Fsp3) is 0.125. The third-order valence-corrected chi connectivity index (χ3v) is 6.04. The standard InChI is InChI=1S/C24H17F3N6OS/c1-15-2-8-19(9-3-15)33-22(17-10-12-28-13-11-17)30-31-23(33)35-14-20-29-21(32-34-20)16-4-6-18(7-5-16)24(25,26)27/h2-13H,14H2,1H3. The first-order valence-electron chi connectivity index (χ1n) is 10.4. The van der Waals surface area contributed by atoms with Gasteiger partial charge in [0.05, 0.1) is 11.3 Å². The molecule has 0 amide bonds. The Kier molecular flexibility index (Phi) is 6.08. The molecule has 0 bridgehead atoms. The lowest BCUT2D eigenvalue weighted by molar-refractivity contribution is -0.137. The lowest BCUT2D eigenvalue weighted by atomic mass is 10.1. The van der Waals surface area contributed by atoms with E-state index in [0.717, 1.165) is 28.9 Å². The van der Waals surface area contributed by atoms with Gasteiger partial charge in [0.15, 0.2) is 11.0 Å². The molecule has 0 fully saturated rings. The number of nitrogens with zero attached hydrogens (tertiary/aromatic N) is 6. The Morgan fingerprint density at radius 1 is 0.886 bits per heavy atom. The quantitative estimate of drug-likeness (QED) is 0.268. The molecule has 176 valence electrons. The number of hydrogen-bond donors (Lipinski definition) is 0. The molecule has 7 nitrogen and oxygen atoms in total. The van der Waals surface area contributed by atoms with Gasteiger partial charge in [0, 0.05) is 29.2 Å². The summed E-state index contributed by atoms with van der Waals surface area (Å²) >= 11 is 1.36. The summed E-state index contributed by atoms with van der Waals surface area (Å²) in [6, 6.07) is 16.3. The van der Waals surface area contributed by atoms with Crippen LogP contribution in [0.1, 0.15) is 17.0 Å². The number of alkyl halides is 3. The number of halogens is 3. The van der Waals surface area contributed by atoms with Crippen molar-refractivity contribution in [2.45, 2.75) is 24.0 Å². The molecule has 3 aromatic heterocycles. The predicted molar refractivity (Wildman–Crippen MR) is 124 cm³/mol. The van der Waals surface area contributed by atoms with Crippen molar-refractivity contribution in [3.63, 3.8) is 0 Å². The molecule has 0 unspecified atom stereocenters. The van der Waals surface area contributed by atoms with Crippen LogP contribution >= 0.6 is 11.8 Å². The van der Waals surface area contributed by atoms with Crippen LogP contribution in [0.15, 0.2) is 82.7 Å². The van der Waals surface area contributed by atoms with Crippen LogP contribution in [0.2, 0.25) is 0 Å². The molecule has 0 atom stereocenters. The van der Waals surface area contributed by atoms with E-state index in [4.69, 9.17) is 4.52 Å². The van der Waals surface area contributed by atoms with Crippen molar-refractivity contribution in [1.82, 2.24) is 29.9 Å². The molecule has 0 saturated carbocycles. The zero-order valence-corrected chi connectivity index (χ0v) is 19.1. The van der Waals surface area contributed by atoms with Crippen molar-refractivity contribution in [2.75, 3.05) is 0 Å². The maximum atomic E-state index is 12.8. The van der Waals surface area contributed by atoms with Gasteiger partial charge in [0.1, 0.15) is 0 Å². The van der Waals surface area contributed by atoms with Gasteiger partial charge in [0.2, 0.25) is 11.7 Å². The van der Waals surface area contributed by atoms with Gasteiger partial charge in [-0.1, -0.05) is 46.7 Å². The van der Waals surface area contributed by atoms with Crippen molar-refractivity contribution in [2.24, 2.45) is 0 Å². The van der Waals surface area contributed by atoms with Crippen molar-refractivity contribution in [1.29, 1.82) is 0 Å². The van der Waals surface area contributed by atoms with Gasteiger partial charge in [-0.3, -0.25) is 9.55 Å². The number of thioether (sulfide) groups is 1. The lowest BCUT2D eigenvalue weighted by Crippen LogP contribution is -2.04. The Morgan fingerprint density at radius 2 is 1.60 bits per heavy atom. The molecular formula is C24H17F3N6OS. The molecule has 0 spiro atoms. The summed E-state index contributed by atoms with van der Waals surface area (Å²) < 4.78 is 45.7. The summed E-state index contributed by atoms with van der Waals surface area (Å²) in [5.74, 6) is 1.49. The van der Waals surface area contributed by atoms with E-state index in [9.17, 15) is 13.2 Å². The molecule has 35 heavy (non-hydrogen) atoms. The first kappa shape index (κ1) is 22.8. The van der Waals surface area contributed by atoms with Crippen molar-refractivity contribution < 1.29 is 17.7 Å². The van der Waals surface area contributed by atoms with Crippen LogP contribution in [-0.4, -0.2) is 29.9 Å². The van der Waals surface area contributed by atoms with Gasteiger partial charge in [-0.15, -0.1) is 10.2 Å². The molecule has 3 heterocycles. The third kappa shape index (κ3) is 4.94. The highest BCUT2D eigenvalue weighted by molar-refractivity contribution is 7.98. The zero-order valence-electron chi connectivity index (χ0n) is 18.3.